The number of aromatic nitrogens is 3. The lowest BCUT2D eigenvalue weighted by atomic mass is 10.3. The maximum Gasteiger partial charge on any atom is 0.255 e. The Kier molecular flexibility index (Phi) is 4.46. The number of aryl methyl sites for hydroxylation is 2. The van der Waals surface area contributed by atoms with Gasteiger partial charge in [0.2, 0.25) is 10.0 Å². The van der Waals surface area contributed by atoms with Crippen LogP contribution in [0, 0.1) is 13.8 Å². The number of carbonyl (C=O) groups excluding carboxylic acids is 1. The Morgan fingerprint density at radius 3 is 2.62 bits per heavy atom. The molecule has 1 aliphatic rings. The fourth-order valence-corrected chi connectivity index (χ4v) is 4.83. The van der Waals surface area contributed by atoms with Gasteiger partial charge >= 0.3 is 0 Å². The topological polar surface area (TPSA) is 102 Å². The maximum atomic E-state index is 12.9. The van der Waals surface area contributed by atoms with Gasteiger partial charge in [0.05, 0.1) is 17.0 Å². The van der Waals surface area contributed by atoms with E-state index >= 15 is 0 Å². The molecule has 1 fully saturated rings. The van der Waals surface area contributed by atoms with Crippen molar-refractivity contribution < 1.29 is 13.2 Å². The van der Waals surface area contributed by atoms with E-state index in [0.717, 1.165) is 0 Å². The van der Waals surface area contributed by atoms with Crippen molar-refractivity contribution in [2.45, 2.75) is 25.2 Å². The Labute approximate surface area is 140 Å². The zero-order valence-electron chi connectivity index (χ0n) is 13.7. The van der Waals surface area contributed by atoms with Crippen molar-refractivity contribution in [1.29, 1.82) is 0 Å². The fourth-order valence-electron chi connectivity index (χ4n) is 3.03. The number of rotatable bonds is 3. The number of amides is 1. The van der Waals surface area contributed by atoms with Crippen molar-refractivity contribution in [2.75, 3.05) is 26.2 Å². The molecule has 9 heteroatoms. The molecule has 2 N–H and O–H groups in total. The number of sulfonamides is 1. The van der Waals surface area contributed by atoms with Gasteiger partial charge < -0.3 is 9.88 Å². The molecule has 1 aliphatic heterocycles. The van der Waals surface area contributed by atoms with Crippen LogP contribution in [0.15, 0.2) is 23.4 Å². The molecular formula is C15H21N5O3S. The molecule has 0 aromatic carbocycles. The number of aromatic amines is 2. The normalized spacial score (nSPS) is 17.0. The van der Waals surface area contributed by atoms with Crippen molar-refractivity contribution in [1.82, 2.24) is 24.4 Å². The van der Waals surface area contributed by atoms with Gasteiger partial charge in [0.1, 0.15) is 4.90 Å². The van der Waals surface area contributed by atoms with Crippen molar-refractivity contribution in [2.24, 2.45) is 0 Å². The number of hydrogen-bond donors (Lipinski definition) is 2. The average molecular weight is 351 g/mol. The molecule has 24 heavy (non-hydrogen) atoms. The lowest BCUT2D eigenvalue weighted by Crippen LogP contribution is -2.37. The van der Waals surface area contributed by atoms with Crippen molar-refractivity contribution >= 4 is 15.9 Å². The second-order valence-electron chi connectivity index (χ2n) is 5.91. The van der Waals surface area contributed by atoms with E-state index in [1.54, 1.807) is 37.2 Å². The van der Waals surface area contributed by atoms with Crippen molar-refractivity contribution in [3.8, 4) is 0 Å². The predicted molar refractivity (Wildman–Crippen MR) is 88.1 cm³/mol. The zero-order valence-corrected chi connectivity index (χ0v) is 14.6. The predicted octanol–water partition coefficient (Wildman–Crippen LogP) is 0.891. The summed E-state index contributed by atoms with van der Waals surface area (Å²) in [5, 5.41) is 6.70. The van der Waals surface area contributed by atoms with Crippen molar-refractivity contribution in [3.63, 3.8) is 0 Å². The Morgan fingerprint density at radius 1 is 1.21 bits per heavy atom. The van der Waals surface area contributed by atoms with Crippen LogP contribution in [-0.4, -0.2) is 64.9 Å². The standard InChI is InChI=1S/C15H21N5O3S/c1-11-14(12(2)18-17-11)24(22,23)20-7-3-6-19(8-9-20)15(21)13-4-5-16-10-13/h4-5,10,16H,3,6-9H2,1-2H3,(H,17,18). The van der Waals surface area contributed by atoms with Crippen LogP contribution in [0.5, 0.6) is 0 Å². The molecule has 1 amide bonds. The highest BCUT2D eigenvalue weighted by Gasteiger charge is 2.32. The Morgan fingerprint density at radius 2 is 2.00 bits per heavy atom. The first-order chi connectivity index (χ1) is 11.4. The van der Waals surface area contributed by atoms with E-state index in [0.29, 0.717) is 43.0 Å². The molecule has 0 atom stereocenters. The van der Waals surface area contributed by atoms with Gasteiger partial charge in [-0.15, -0.1) is 0 Å². The first-order valence-electron chi connectivity index (χ1n) is 7.85. The fraction of sp³-hybridized carbons (Fsp3) is 0.467. The smallest absolute Gasteiger partial charge is 0.255 e. The molecule has 2 aromatic heterocycles. The van der Waals surface area contributed by atoms with E-state index in [1.165, 1.54) is 4.31 Å². The maximum absolute atomic E-state index is 12.9. The van der Waals surface area contributed by atoms with Gasteiger partial charge in [-0.05, 0) is 26.3 Å². The Bertz CT molecular complexity index is 806. The molecule has 8 nitrogen and oxygen atoms in total. The minimum absolute atomic E-state index is 0.0776. The highest BCUT2D eigenvalue weighted by atomic mass is 32.2. The monoisotopic (exact) mass is 351 g/mol. The molecule has 0 unspecified atom stereocenters. The highest BCUT2D eigenvalue weighted by Crippen LogP contribution is 2.23. The second kappa shape index (κ2) is 6.40. The lowest BCUT2D eigenvalue weighted by molar-refractivity contribution is 0.0764. The Hall–Kier alpha value is -2.13. The van der Waals surface area contributed by atoms with Gasteiger partial charge in [0.25, 0.3) is 5.91 Å². The molecule has 0 bridgehead atoms. The molecule has 0 radical (unpaired) electrons. The summed E-state index contributed by atoms with van der Waals surface area (Å²) >= 11 is 0. The van der Waals surface area contributed by atoms with Crippen LogP contribution in [0.2, 0.25) is 0 Å². The van der Waals surface area contributed by atoms with Gasteiger partial charge in [0, 0.05) is 38.6 Å². The molecule has 3 rings (SSSR count). The number of H-pyrrole nitrogens is 2. The molecule has 0 aliphatic carbocycles. The Balaban J connectivity index is 1.77. The van der Waals surface area contributed by atoms with E-state index in [1.807, 2.05) is 0 Å². The molecule has 2 aromatic rings. The molecular weight excluding hydrogens is 330 g/mol. The summed E-state index contributed by atoms with van der Waals surface area (Å²) in [6, 6.07) is 1.72. The van der Waals surface area contributed by atoms with E-state index < -0.39 is 10.0 Å². The molecule has 130 valence electrons. The van der Waals surface area contributed by atoms with Gasteiger partial charge in [-0.3, -0.25) is 9.89 Å². The number of nitrogens with zero attached hydrogens (tertiary/aromatic N) is 3. The lowest BCUT2D eigenvalue weighted by Gasteiger charge is -2.21. The summed E-state index contributed by atoms with van der Waals surface area (Å²) in [7, 11) is -3.61. The zero-order chi connectivity index (χ0) is 17.3. The van der Waals surface area contributed by atoms with Crippen LogP contribution in [0.3, 0.4) is 0 Å². The molecule has 0 spiro atoms. The third-order valence-electron chi connectivity index (χ3n) is 4.25. The van der Waals surface area contributed by atoms with Gasteiger partial charge in [0.15, 0.2) is 0 Å². The number of nitrogens with one attached hydrogen (secondary N) is 2. The highest BCUT2D eigenvalue weighted by molar-refractivity contribution is 7.89. The van der Waals surface area contributed by atoms with Crippen LogP contribution >= 0.6 is 0 Å². The summed E-state index contributed by atoms with van der Waals surface area (Å²) in [5.74, 6) is -0.0776. The van der Waals surface area contributed by atoms with E-state index in [-0.39, 0.29) is 17.3 Å². The first kappa shape index (κ1) is 16.7. The van der Waals surface area contributed by atoms with Crippen molar-refractivity contribution in [3.05, 3.63) is 35.4 Å². The second-order valence-corrected chi connectivity index (χ2v) is 7.79. The van der Waals surface area contributed by atoms with Gasteiger partial charge in [-0.2, -0.15) is 9.40 Å². The van der Waals surface area contributed by atoms with E-state index in [4.69, 9.17) is 0 Å². The van der Waals surface area contributed by atoms with Crippen LogP contribution in [0.25, 0.3) is 0 Å². The third-order valence-corrected chi connectivity index (χ3v) is 6.41. The largest absolute Gasteiger partial charge is 0.367 e. The average Bonchev–Trinajstić information content (AvgIpc) is 3.10. The quantitative estimate of drug-likeness (QED) is 0.857. The summed E-state index contributed by atoms with van der Waals surface area (Å²) in [4.78, 5) is 17.2. The van der Waals surface area contributed by atoms with Gasteiger partial charge in [-0.25, -0.2) is 8.42 Å². The summed E-state index contributed by atoms with van der Waals surface area (Å²) in [6.45, 7) is 4.97. The van der Waals surface area contributed by atoms with E-state index in [2.05, 4.69) is 15.2 Å². The van der Waals surface area contributed by atoms with Crippen LogP contribution in [-0.2, 0) is 10.0 Å². The summed E-state index contributed by atoms with van der Waals surface area (Å²) in [5.41, 5.74) is 1.60. The summed E-state index contributed by atoms with van der Waals surface area (Å²) < 4.78 is 27.3. The third kappa shape index (κ3) is 2.96. The van der Waals surface area contributed by atoms with Gasteiger partial charge in [-0.1, -0.05) is 0 Å². The van der Waals surface area contributed by atoms with E-state index in [9.17, 15) is 13.2 Å². The first-order valence-corrected chi connectivity index (χ1v) is 9.29. The van der Waals surface area contributed by atoms with Crippen LogP contribution in [0.1, 0.15) is 28.2 Å². The minimum atomic E-state index is -3.61. The van der Waals surface area contributed by atoms with Crippen LogP contribution in [0.4, 0.5) is 0 Å². The molecule has 1 saturated heterocycles. The number of hydrogen-bond acceptors (Lipinski definition) is 4. The number of carbonyl (C=O) groups is 1. The molecule has 3 heterocycles. The summed E-state index contributed by atoms with van der Waals surface area (Å²) in [6.07, 6.45) is 3.96. The minimum Gasteiger partial charge on any atom is -0.367 e. The van der Waals surface area contributed by atoms with Crippen LogP contribution < -0.4 is 0 Å². The SMILES string of the molecule is Cc1n[nH]c(C)c1S(=O)(=O)N1CCCN(C(=O)c2cc[nH]c2)CC1. The molecule has 0 saturated carbocycles.